The predicted molar refractivity (Wildman–Crippen MR) is 143 cm³/mol. The van der Waals surface area contributed by atoms with Crippen LogP contribution in [0.4, 0.5) is 23.2 Å². The summed E-state index contributed by atoms with van der Waals surface area (Å²) in [7, 11) is 0. The number of halogens is 4. The third kappa shape index (κ3) is 4.47. The van der Waals surface area contributed by atoms with E-state index in [4.69, 9.17) is 10.8 Å². The number of carbonyl (C=O) groups excluding carboxylic acids is 2. The number of nitrogen functional groups attached to an aromatic ring is 1. The molecule has 0 spiro atoms. The van der Waals surface area contributed by atoms with Gasteiger partial charge in [-0.15, -0.1) is 0 Å². The number of benzene rings is 1. The van der Waals surface area contributed by atoms with Crippen LogP contribution in [-0.4, -0.2) is 61.1 Å². The highest BCUT2D eigenvalue weighted by atomic mass is 19.4. The average Bonchev–Trinajstić information content (AvgIpc) is 3.18. The molecule has 1 atom stereocenters. The van der Waals surface area contributed by atoms with Crippen LogP contribution in [-0.2, 0) is 23.8 Å². The van der Waals surface area contributed by atoms with E-state index in [2.05, 4.69) is 11.6 Å². The van der Waals surface area contributed by atoms with Crippen LogP contribution in [0, 0.1) is 5.82 Å². The molecule has 6 rings (SSSR count). The summed E-state index contributed by atoms with van der Waals surface area (Å²) in [4.78, 5) is 32.8. The van der Waals surface area contributed by atoms with Crippen molar-refractivity contribution in [2.24, 2.45) is 0 Å². The van der Waals surface area contributed by atoms with Crippen LogP contribution < -0.4 is 5.73 Å². The number of nitrogens with two attached hydrogens (primary N) is 1. The van der Waals surface area contributed by atoms with Crippen LogP contribution in [0.3, 0.4) is 0 Å². The van der Waals surface area contributed by atoms with E-state index in [1.54, 1.807) is 12.1 Å². The fourth-order valence-corrected chi connectivity index (χ4v) is 6.10. The second kappa shape index (κ2) is 10.1. The van der Waals surface area contributed by atoms with Gasteiger partial charge in [-0.2, -0.15) is 18.3 Å². The second-order valence-electron chi connectivity index (χ2n) is 10.8. The number of aromatic nitrogens is 3. The first kappa shape index (κ1) is 27.7. The molecule has 0 radical (unpaired) electrons. The Morgan fingerprint density at radius 2 is 1.93 bits per heavy atom. The van der Waals surface area contributed by atoms with Crippen LogP contribution >= 0.6 is 0 Å². The molecule has 0 unspecified atom stereocenters. The SMILES string of the molecule is C=CC(=O)N1CCc2nn(-c3ccc(C4CCC4)c(F)c3O)c3c2[C@H](C1)N(C(=O)c1cnc(C(F)(F)F)cc1N)CC3. The van der Waals surface area contributed by atoms with E-state index in [0.29, 0.717) is 35.0 Å². The predicted octanol–water partition coefficient (Wildman–Crippen LogP) is 4.29. The summed E-state index contributed by atoms with van der Waals surface area (Å²) in [5.74, 6) is -2.10. The first-order chi connectivity index (χ1) is 20.0. The van der Waals surface area contributed by atoms with Gasteiger partial charge in [-0.05, 0) is 42.5 Å². The van der Waals surface area contributed by atoms with Crippen molar-refractivity contribution in [2.45, 2.75) is 50.2 Å². The molecule has 4 heterocycles. The van der Waals surface area contributed by atoms with Gasteiger partial charge in [0.2, 0.25) is 5.91 Å². The van der Waals surface area contributed by atoms with Crippen LogP contribution in [0.1, 0.15) is 69.8 Å². The third-order valence-corrected chi connectivity index (χ3v) is 8.51. The van der Waals surface area contributed by atoms with Crippen LogP contribution in [0.5, 0.6) is 5.75 Å². The normalized spacial score (nSPS) is 18.7. The van der Waals surface area contributed by atoms with Gasteiger partial charge >= 0.3 is 6.18 Å². The molecule has 1 fully saturated rings. The molecule has 3 N–H and O–H groups in total. The Kier molecular flexibility index (Phi) is 6.70. The highest BCUT2D eigenvalue weighted by Gasteiger charge is 2.41. The van der Waals surface area contributed by atoms with Crippen LogP contribution in [0.25, 0.3) is 5.69 Å². The Bertz CT molecular complexity index is 1610. The molecular formula is C29H28F4N6O3. The van der Waals surface area contributed by atoms with Crippen molar-refractivity contribution in [2.75, 3.05) is 25.4 Å². The molecule has 1 aliphatic carbocycles. The molecule has 0 saturated heterocycles. The molecule has 1 saturated carbocycles. The van der Waals surface area contributed by atoms with Gasteiger partial charge in [0.15, 0.2) is 11.6 Å². The van der Waals surface area contributed by atoms with Crippen molar-refractivity contribution in [1.82, 2.24) is 24.6 Å². The Morgan fingerprint density at radius 1 is 1.17 bits per heavy atom. The number of alkyl halides is 3. The topological polar surface area (TPSA) is 118 Å². The van der Waals surface area contributed by atoms with Crippen molar-refractivity contribution < 1.29 is 32.3 Å². The van der Waals surface area contributed by atoms with E-state index in [9.17, 15) is 27.9 Å². The Morgan fingerprint density at radius 3 is 2.57 bits per heavy atom. The van der Waals surface area contributed by atoms with Gasteiger partial charge in [0, 0.05) is 49.9 Å². The molecule has 0 bridgehead atoms. The van der Waals surface area contributed by atoms with E-state index >= 15 is 4.39 Å². The largest absolute Gasteiger partial charge is 0.503 e. The van der Waals surface area contributed by atoms with Crippen LogP contribution in [0.15, 0.2) is 37.1 Å². The van der Waals surface area contributed by atoms with Crippen molar-refractivity contribution in [3.05, 3.63) is 76.6 Å². The monoisotopic (exact) mass is 584 g/mol. The van der Waals surface area contributed by atoms with Gasteiger partial charge in [-0.1, -0.05) is 19.1 Å². The van der Waals surface area contributed by atoms with Gasteiger partial charge in [-0.25, -0.2) is 9.07 Å². The van der Waals surface area contributed by atoms with E-state index < -0.39 is 35.4 Å². The number of carbonyl (C=O) groups is 2. The quantitative estimate of drug-likeness (QED) is 0.349. The standard InChI is InChI=1S/C29H28F4N6O3/c1-2-24(40)37-10-8-19-25-20(39(36-19)21-7-6-16(15-4-3-5-15)26(30)27(21)41)9-11-38(22(25)14-37)28(42)17-13-35-23(12-18(17)34)29(31,32)33/h2,6-7,12-13,15,22,41H,1,3-5,8-11,14H2,(H2,34,35)/t22-/m0/s1. The summed E-state index contributed by atoms with van der Waals surface area (Å²) in [5, 5.41) is 15.6. The molecule has 2 aliphatic heterocycles. The molecule has 2 aromatic heterocycles. The van der Waals surface area contributed by atoms with E-state index in [-0.39, 0.29) is 54.8 Å². The summed E-state index contributed by atoms with van der Waals surface area (Å²) >= 11 is 0. The Balaban J connectivity index is 1.42. The van der Waals surface area contributed by atoms with Crippen molar-refractivity contribution in [3.63, 3.8) is 0 Å². The number of rotatable bonds is 4. The number of anilines is 1. The van der Waals surface area contributed by atoms with Gasteiger partial charge in [-0.3, -0.25) is 14.6 Å². The molecule has 1 aromatic carbocycles. The van der Waals surface area contributed by atoms with E-state index in [0.717, 1.165) is 25.5 Å². The number of nitrogens with zero attached hydrogens (tertiary/aromatic N) is 5. The third-order valence-electron chi connectivity index (χ3n) is 8.51. The molecule has 2 amide bonds. The maximum Gasteiger partial charge on any atom is 0.433 e. The Labute approximate surface area is 238 Å². The minimum Gasteiger partial charge on any atom is -0.503 e. The van der Waals surface area contributed by atoms with Gasteiger partial charge < -0.3 is 20.6 Å². The number of amides is 2. The lowest BCUT2D eigenvalue weighted by molar-refractivity contribution is -0.141. The van der Waals surface area contributed by atoms with E-state index in [1.165, 1.54) is 20.6 Å². The number of hydrogen-bond acceptors (Lipinski definition) is 6. The van der Waals surface area contributed by atoms with Crippen molar-refractivity contribution in [1.29, 1.82) is 0 Å². The summed E-state index contributed by atoms with van der Waals surface area (Å²) in [5.41, 5.74) is 6.62. The molecule has 3 aromatic rings. The minimum absolute atomic E-state index is 0.0667. The Hall–Kier alpha value is -4.42. The molecule has 220 valence electrons. The molecular weight excluding hydrogens is 556 g/mol. The minimum atomic E-state index is -4.73. The maximum atomic E-state index is 15.3. The first-order valence-corrected chi connectivity index (χ1v) is 13.7. The highest BCUT2D eigenvalue weighted by Crippen LogP contribution is 2.43. The van der Waals surface area contributed by atoms with Crippen molar-refractivity contribution in [3.8, 4) is 11.4 Å². The fourth-order valence-electron chi connectivity index (χ4n) is 6.10. The maximum absolute atomic E-state index is 15.3. The summed E-state index contributed by atoms with van der Waals surface area (Å²) in [6.45, 7) is 3.98. The summed E-state index contributed by atoms with van der Waals surface area (Å²) in [6.07, 6.45) is 0.561. The lowest BCUT2D eigenvalue weighted by Crippen LogP contribution is -2.46. The summed E-state index contributed by atoms with van der Waals surface area (Å²) < 4.78 is 56.3. The molecule has 3 aliphatic rings. The van der Waals surface area contributed by atoms with Gasteiger partial charge in [0.1, 0.15) is 11.4 Å². The zero-order valence-corrected chi connectivity index (χ0v) is 22.5. The smallest absolute Gasteiger partial charge is 0.433 e. The lowest BCUT2D eigenvalue weighted by atomic mass is 9.79. The number of phenolic OH excluding ortho intramolecular Hbond substituents is 1. The van der Waals surface area contributed by atoms with Gasteiger partial charge in [0.25, 0.3) is 5.91 Å². The van der Waals surface area contributed by atoms with E-state index in [1.807, 2.05) is 0 Å². The van der Waals surface area contributed by atoms with Crippen molar-refractivity contribution >= 4 is 17.5 Å². The fraction of sp³-hybridized carbons (Fsp3) is 0.379. The number of hydrogen-bond donors (Lipinski definition) is 2. The number of aromatic hydroxyl groups is 1. The second-order valence-corrected chi connectivity index (χ2v) is 10.8. The molecule has 42 heavy (non-hydrogen) atoms. The number of phenols is 1. The first-order valence-electron chi connectivity index (χ1n) is 13.7. The number of pyridine rings is 1. The average molecular weight is 585 g/mol. The summed E-state index contributed by atoms with van der Waals surface area (Å²) in [6, 6.07) is 3.20. The van der Waals surface area contributed by atoms with Crippen LogP contribution in [0.2, 0.25) is 0 Å². The zero-order valence-electron chi connectivity index (χ0n) is 22.5. The zero-order chi connectivity index (χ0) is 29.9. The van der Waals surface area contributed by atoms with Gasteiger partial charge in [0.05, 0.1) is 23.0 Å². The molecule has 9 nitrogen and oxygen atoms in total. The highest BCUT2D eigenvalue weighted by molar-refractivity contribution is 5.99. The lowest BCUT2D eigenvalue weighted by Gasteiger charge is -2.38. The molecule has 13 heteroatoms.